The van der Waals surface area contributed by atoms with E-state index < -0.39 is 0 Å². The molecule has 0 radical (unpaired) electrons. The Morgan fingerprint density at radius 3 is 2.91 bits per heavy atom. The molecule has 2 aromatic rings. The topological polar surface area (TPSA) is 41.3 Å². The summed E-state index contributed by atoms with van der Waals surface area (Å²) in [6, 6.07) is 7.66. The molecule has 2 heterocycles. The normalized spacial score (nSPS) is 20.0. The molecule has 1 aliphatic rings. The quantitative estimate of drug-likeness (QED) is 0.933. The van der Waals surface area contributed by atoms with Crippen molar-refractivity contribution in [1.29, 1.82) is 0 Å². The Labute approximate surface area is 136 Å². The third-order valence-electron chi connectivity index (χ3n) is 4.35. The maximum absolute atomic E-state index is 10.1. The third kappa shape index (κ3) is 3.45. The van der Waals surface area contributed by atoms with Crippen LogP contribution in [-0.4, -0.2) is 26.3 Å². The molecule has 1 aliphatic heterocycles. The Hall–Kier alpha value is -1.52. The fourth-order valence-electron chi connectivity index (χ4n) is 3.20. The number of rotatable bonds is 3. The summed E-state index contributed by atoms with van der Waals surface area (Å²) in [5, 5.41) is 15.4. The molecule has 4 nitrogen and oxygen atoms in total. The first-order valence-corrected chi connectivity index (χ1v) is 8.22. The number of aromatic hydroxyl groups is 1. The number of halogens is 1. The first-order chi connectivity index (χ1) is 10.6. The maximum atomic E-state index is 10.1. The molecule has 22 heavy (non-hydrogen) atoms. The molecule has 0 spiro atoms. The predicted molar refractivity (Wildman–Crippen MR) is 87.9 cm³/mol. The number of benzene rings is 1. The minimum atomic E-state index is 0.307. The van der Waals surface area contributed by atoms with E-state index in [0.29, 0.717) is 23.4 Å². The lowest BCUT2D eigenvalue weighted by Gasteiger charge is -2.29. The molecule has 1 atom stereocenters. The number of hydrogen-bond acceptors (Lipinski definition) is 3. The van der Waals surface area contributed by atoms with E-state index >= 15 is 0 Å². The SMILES string of the molecule is Cn1ccc([C@@H]2CCCCCN2Cc2cc(Cl)ccc2O)n1. The molecular formula is C17H22ClN3O. The molecule has 3 rings (SSSR count). The van der Waals surface area contributed by atoms with Gasteiger partial charge in [-0.05, 0) is 43.7 Å². The summed E-state index contributed by atoms with van der Waals surface area (Å²) < 4.78 is 1.86. The summed E-state index contributed by atoms with van der Waals surface area (Å²) in [4.78, 5) is 2.42. The van der Waals surface area contributed by atoms with Crippen LogP contribution in [0.2, 0.25) is 5.02 Å². The lowest BCUT2D eigenvalue weighted by molar-refractivity contribution is 0.186. The highest BCUT2D eigenvalue weighted by Crippen LogP contribution is 2.32. The van der Waals surface area contributed by atoms with Gasteiger partial charge in [0.2, 0.25) is 0 Å². The third-order valence-corrected chi connectivity index (χ3v) is 4.59. The number of phenols is 1. The molecule has 0 saturated carbocycles. The first-order valence-electron chi connectivity index (χ1n) is 7.84. The molecule has 0 amide bonds. The summed E-state index contributed by atoms with van der Waals surface area (Å²) in [6.45, 7) is 1.72. The van der Waals surface area contributed by atoms with Crippen molar-refractivity contribution in [3.8, 4) is 5.75 Å². The fourth-order valence-corrected chi connectivity index (χ4v) is 3.40. The van der Waals surface area contributed by atoms with Crippen molar-refractivity contribution in [2.45, 2.75) is 38.3 Å². The second kappa shape index (κ2) is 6.71. The molecule has 1 saturated heterocycles. The number of nitrogens with zero attached hydrogens (tertiary/aromatic N) is 3. The summed E-state index contributed by atoms with van der Waals surface area (Å²) >= 11 is 6.08. The van der Waals surface area contributed by atoms with Crippen LogP contribution in [0.4, 0.5) is 0 Å². The van der Waals surface area contributed by atoms with Gasteiger partial charge in [0.15, 0.2) is 0 Å². The molecule has 0 bridgehead atoms. The maximum Gasteiger partial charge on any atom is 0.120 e. The standard InChI is InChI=1S/C17H22ClN3O/c1-20-10-8-15(19-20)16-5-3-2-4-9-21(16)12-13-11-14(18)6-7-17(13)22/h6-8,10-11,16,22H,2-5,9,12H2,1H3/t16-/m0/s1. The molecule has 1 fully saturated rings. The number of hydrogen-bond donors (Lipinski definition) is 1. The molecule has 5 heteroatoms. The van der Waals surface area contributed by atoms with E-state index in [1.54, 1.807) is 12.1 Å². The fraction of sp³-hybridized carbons (Fsp3) is 0.471. The zero-order valence-electron chi connectivity index (χ0n) is 12.9. The van der Waals surface area contributed by atoms with E-state index in [1.165, 1.54) is 19.3 Å². The van der Waals surface area contributed by atoms with Crippen molar-refractivity contribution in [3.05, 3.63) is 46.7 Å². The van der Waals surface area contributed by atoms with Crippen LogP contribution in [0.15, 0.2) is 30.5 Å². The van der Waals surface area contributed by atoms with Gasteiger partial charge in [-0.15, -0.1) is 0 Å². The largest absolute Gasteiger partial charge is 0.508 e. The van der Waals surface area contributed by atoms with Gasteiger partial charge in [0.1, 0.15) is 5.75 Å². The molecule has 1 N–H and O–H groups in total. The van der Waals surface area contributed by atoms with Crippen LogP contribution in [0, 0.1) is 0 Å². The van der Waals surface area contributed by atoms with Crippen molar-refractivity contribution < 1.29 is 5.11 Å². The number of phenolic OH excluding ortho intramolecular Hbond substituents is 1. The van der Waals surface area contributed by atoms with Crippen molar-refractivity contribution in [2.75, 3.05) is 6.54 Å². The van der Waals surface area contributed by atoms with Crippen LogP contribution in [0.3, 0.4) is 0 Å². The zero-order chi connectivity index (χ0) is 15.5. The molecule has 1 aromatic heterocycles. The average Bonchev–Trinajstić information content (AvgIpc) is 2.78. The lowest BCUT2D eigenvalue weighted by atomic mass is 10.1. The van der Waals surface area contributed by atoms with Gasteiger partial charge >= 0.3 is 0 Å². The van der Waals surface area contributed by atoms with Crippen LogP contribution in [0.25, 0.3) is 0 Å². The summed E-state index contributed by atoms with van der Waals surface area (Å²) in [5.41, 5.74) is 2.00. The molecule has 0 aliphatic carbocycles. The monoisotopic (exact) mass is 319 g/mol. The van der Waals surface area contributed by atoms with E-state index in [9.17, 15) is 5.11 Å². The van der Waals surface area contributed by atoms with Crippen LogP contribution in [-0.2, 0) is 13.6 Å². The van der Waals surface area contributed by atoms with E-state index in [1.807, 2.05) is 24.0 Å². The van der Waals surface area contributed by atoms with Crippen molar-refractivity contribution in [1.82, 2.24) is 14.7 Å². The van der Waals surface area contributed by atoms with E-state index in [2.05, 4.69) is 16.1 Å². The van der Waals surface area contributed by atoms with Gasteiger partial charge in [-0.1, -0.05) is 24.4 Å². The van der Waals surface area contributed by atoms with Gasteiger partial charge in [0.25, 0.3) is 0 Å². The van der Waals surface area contributed by atoms with Gasteiger partial charge in [-0.25, -0.2) is 0 Å². The highest BCUT2D eigenvalue weighted by Gasteiger charge is 2.25. The van der Waals surface area contributed by atoms with Crippen LogP contribution in [0.1, 0.15) is 43.0 Å². The van der Waals surface area contributed by atoms with Gasteiger partial charge in [0.05, 0.1) is 11.7 Å². The molecule has 1 aromatic carbocycles. The number of likely N-dealkylation sites (tertiary alicyclic amines) is 1. The molecular weight excluding hydrogens is 298 g/mol. The Morgan fingerprint density at radius 2 is 2.14 bits per heavy atom. The Balaban J connectivity index is 1.85. The summed E-state index contributed by atoms with van der Waals surface area (Å²) in [7, 11) is 1.95. The molecule has 0 unspecified atom stereocenters. The minimum absolute atomic E-state index is 0.307. The van der Waals surface area contributed by atoms with Gasteiger partial charge in [-0.2, -0.15) is 5.10 Å². The van der Waals surface area contributed by atoms with E-state index in [4.69, 9.17) is 11.6 Å². The highest BCUT2D eigenvalue weighted by molar-refractivity contribution is 6.30. The van der Waals surface area contributed by atoms with Gasteiger partial charge in [0, 0.05) is 30.4 Å². The summed E-state index contributed by atoms with van der Waals surface area (Å²) in [6.07, 6.45) is 6.76. The predicted octanol–water partition coefficient (Wildman–Crippen LogP) is 3.90. The van der Waals surface area contributed by atoms with Gasteiger partial charge in [-0.3, -0.25) is 9.58 Å². The van der Waals surface area contributed by atoms with Crippen molar-refractivity contribution >= 4 is 11.6 Å². The van der Waals surface area contributed by atoms with Crippen LogP contribution in [0.5, 0.6) is 5.75 Å². The second-order valence-corrected chi connectivity index (χ2v) is 6.46. The molecule has 118 valence electrons. The van der Waals surface area contributed by atoms with Gasteiger partial charge < -0.3 is 5.11 Å². The first kappa shape index (κ1) is 15.4. The minimum Gasteiger partial charge on any atom is -0.508 e. The van der Waals surface area contributed by atoms with E-state index in [0.717, 1.165) is 24.2 Å². The second-order valence-electron chi connectivity index (χ2n) is 6.02. The van der Waals surface area contributed by atoms with Crippen molar-refractivity contribution in [3.63, 3.8) is 0 Å². The smallest absolute Gasteiger partial charge is 0.120 e. The zero-order valence-corrected chi connectivity index (χ0v) is 13.6. The average molecular weight is 320 g/mol. The van der Waals surface area contributed by atoms with Crippen LogP contribution < -0.4 is 0 Å². The Morgan fingerprint density at radius 1 is 1.27 bits per heavy atom. The highest BCUT2D eigenvalue weighted by atomic mass is 35.5. The van der Waals surface area contributed by atoms with Crippen molar-refractivity contribution in [2.24, 2.45) is 7.05 Å². The number of aromatic nitrogens is 2. The number of aryl methyl sites for hydroxylation is 1. The Kier molecular flexibility index (Phi) is 4.69. The van der Waals surface area contributed by atoms with Crippen LogP contribution >= 0.6 is 11.6 Å². The Bertz CT molecular complexity index is 641. The lowest BCUT2D eigenvalue weighted by Crippen LogP contribution is -2.28. The summed E-state index contributed by atoms with van der Waals surface area (Å²) in [5.74, 6) is 0.313. The van der Waals surface area contributed by atoms with E-state index in [-0.39, 0.29) is 0 Å².